The van der Waals surface area contributed by atoms with Crippen molar-refractivity contribution in [1.29, 1.82) is 5.26 Å². The first-order valence-electron chi connectivity index (χ1n) is 3.44. The van der Waals surface area contributed by atoms with Crippen molar-refractivity contribution in [2.45, 2.75) is 0 Å². The third-order valence-electron chi connectivity index (χ3n) is 1.08. The molecule has 0 amide bonds. The van der Waals surface area contributed by atoms with Crippen LogP contribution in [0.2, 0.25) is 0 Å². The predicted octanol–water partition coefficient (Wildman–Crippen LogP) is -0.151. The number of nitrogens with zero attached hydrogens (tertiary/aromatic N) is 3. The van der Waals surface area contributed by atoms with Gasteiger partial charge in [0.1, 0.15) is 6.07 Å². The molecule has 0 aromatic rings. The van der Waals surface area contributed by atoms with Crippen LogP contribution in [0.3, 0.4) is 0 Å². The summed E-state index contributed by atoms with van der Waals surface area (Å²) in [6.45, 7) is 0. The zero-order valence-corrected chi connectivity index (χ0v) is 8.61. The van der Waals surface area contributed by atoms with Crippen LogP contribution in [0.5, 0.6) is 0 Å². The van der Waals surface area contributed by atoms with Crippen LogP contribution >= 0.6 is 11.6 Å². The van der Waals surface area contributed by atoms with Crippen LogP contribution in [0.25, 0.3) is 0 Å². The van der Waals surface area contributed by atoms with E-state index in [4.69, 9.17) is 16.9 Å². The highest BCUT2D eigenvalue weighted by Crippen LogP contribution is 1.92. The molecule has 0 heterocycles. The van der Waals surface area contributed by atoms with Gasteiger partial charge >= 0.3 is 11.9 Å². The average Bonchev–Trinajstić information content (AvgIpc) is 2.27. The Morgan fingerprint density at radius 2 is 1.73 bits per heavy atom. The van der Waals surface area contributed by atoms with E-state index in [-0.39, 0.29) is 0 Å². The zero-order chi connectivity index (χ0) is 11.8. The van der Waals surface area contributed by atoms with Crippen molar-refractivity contribution in [1.82, 2.24) is 0 Å². The molecule has 0 radical (unpaired) electrons. The molecule has 0 aromatic carbocycles. The number of hydrogen-bond donors (Lipinski definition) is 0. The summed E-state index contributed by atoms with van der Waals surface area (Å²) in [5.74, 6) is -1.90. The van der Waals surface area contributed by atoms with Crippen molar-refractivity contribution in [3.05, 3.63) is 0 Å². The Morgan fingerprint density at radius 3 is 2.13 bits per heavy atom. The van der Waals surface area contributed by atoms with Gasteiger partial charge in [0.2, 0.25) is 10.9 Å². The van der Waals surface area contributed by atoms with E-state index in [9.17, 15) is 9.59 Å². The van der Waals surface area contributed by atoms with Gasteiger partial charge in [-0.15, -0.1) is 10.2 Å². The second kappa shape index (κ2) is 6.50. The molecule has 80 valence electrons. The Kier molecular flexibility index (Phi) is 5.66. The van der Waals surface area contributed by atoms with Crippen LogP contribution in [0.15, 0.2) is 10.2 Å². The first-order chi connectivity index (χ1) is 7.06. The lowest BCUT2D eigenvalue weighted by molar-refractivity contribution is -0.133. The van der Waals surface area contributed by atoms with Gasteiger partial charge in [-0.2, -0.15) is 5.26 Å². The number of halogens is 1. The standard InChI is InChI=1S/C7H6ClN3O4/c1-14-6(12)4(3-9)10-11-5(8)7(13)15-2/h1-2H3/b10-4+,11-5-. The van der Waals surface area contributed by atoms with Crippen LogP contribution in [0, 0.1) is 11.3 Å². The molecule has 0 aliphatic carbocycles. The van der Waals surface area contributed by atoms with Gasteiger partial charge in [-0.05, 0) is 0 Å². The molecule has 0 N–H and O–H groups in total. The molecule has 7 nitrogen and oxygen atoms in total. The molecule has 0 atom stereocenters. The summed E-state index contributed by atoms with van der Waals surface area (Å²) in [5.41, 5.74) is -0.625. The lowest BCUT2D eigenvalue weighted by Crippen LogP contribution is -2.14. The Bertz CT molecular complexity index is 369. The summed E-state index contributed by atoms with van der Waals surface area (Å²) < 4.78 is 8.40. The second-order valence-corrected chi connectivity index (χ2v) is 2.29. The van der Waals surface area contributed by atoms with Gasteiger partial charge in [0, 0.05) is 0 Å². The number of carbonyl (C=O) groups is 2. The summed E-state index contributed by atoms with van der Waals surface area (Å²) in [6, 6.07) is 1.42. The number of carbonyl (C=O) groups excluding carboxylic acids is 2. The maximum Gasteiger partial charge on any atom is 0.370 e. The fourth-order valence-electron chi connectivity index (χ4n) is 0.424. The number of rotatable bonds is 3. The molecule has 0 rings (SSSR count). The van der Waals surface area contributed by atoms with Crippen molar-refractivity contribution in [3.8, 4) is 6.07 Å². The SMILES string of the molecule is COC(=O)/C(Cl)=N/N=C(\C#N)C(=O)OC. The lowest BCUT2D eigenvalue weighted by atomic mass is 10.4. The molecule has 0 aliphatic rings. The highest BCUT2D eigenvalue weighted by Gasteiger charge is 2.12. The van der Waals surface area contributed by atoms with Gasteiger partial charge in [-0.3, -0.25) is 0 Å². The smallest absolute Gasteiger partial charge is 0.370 e. The molecule has 0 spiro atoms. The van der Waals surface area contributed by atoms with E-state index in [1.54, 1.807) is 0 Å². The van der Waals surface area contributed by atoms with E-state index in [0.29, 0.717) is 0 Å². The van der Waals surface area contributed by atoms with Gasteiger partial charge < -0.3 is 9.47 Å². The minimum Gasteiger partial charge on any atom is -0.464 e. The number of nitriles is 1. The molecule has 0 aliphatic heterocycles. The Balaban J connectivity index is 4.83. The molecule has 0 saturated carbocycles. The molecular weight excluding hydrogens is 226 g/mol. The van der Waals surface area contributed by atoms with Gasteiger partial charge in [0.15, 0.2) is 0 Å². The van der Waals surface area contributed by atoms with Crippen molar-refractivity contribution in [3.63, 3.8) is 0 Å². The minimum absolute atomic E-state index is 0.603. The topological polar surface area (TPSA) is 101 Å². The molecule has 0 unspecified atom stereocenters. The molecule has 15 heavy (non-hydrogen) atoms. The summed E-state index contributed by atoms with van der Waals surface area (Å²) in [6.07, 6.45) is 0. The first kappa shape index (κ1) is 13.1. The lowest BCUT2D eigenvalue weighted by Gasteiger charge is -1.93. The van der Waals surface area contributed by atoms with Crippen molar-refractivity contribution >= 4 is 34.4 Å². The zero-order valence-electron chi connectivity index (χ0n) is 7.85. The Hall–Kier alpha value is -1.94. The van der Waals surface area contributed by atoms with Crippen LogP contribution < -0.4 is 0 Å². The van der Waals surface area contributed by atoms with Crippen LogP contribution in [-0.4, -0.2) is 37.0 Å². The molecular formula is C7H6ClN3O4. The summed E-state index contributed by atoms with van der Waals surface area (Å²) >= 11 is 5.29. The first-order valence-corrected chi connectivity index (χ1v) is 3.82. The fraction of sp³-hybridized carbons (Fsp3) is 0.286. The number of methoxy groups -OCH3 is 2. The van der Waals surface area contributed by atoms with Gasteiger partial charge in [-0.25, -0.2) is 9.59 Å². The largest absolute Gasteiger partial charge is 0.464 e. The molecule has 0 fully saturated rings. The monoisotopic (exact) mass is 231 g/mol. The second-order valence-electron chi connectivity index (χ2n) is 1.93. The fourth-order valence-corrected chi connectivity index (χ4v) is 0.539. The van der Waals surface area contributed by atoms with E-state index in [0.717, 1.165) is 14.2 Å². The van der Waals surface area contributed by atoms with Crippen molar-refractivity contribution < 1.29 is 19.1 Å². The molecule has 0 saturated heterocycles. The van der Waals surface area contributed by atoms with Crippen LogP contribution in [0.4, 0.5) is 0 Å². The predicted molar refractivity (Wildman–Crippen MR) is 50.4 cm³/mol. The highest BCUT2D eigenvalue weighted by molar-refractivity contribution is 6.82. The maximum absolute atomic E-state index is 10.8. The van der Waals surface area contributed by atoms with E-state index in [1.165, 1.54) is 6.07 Å². The molecule has 0 bridgehead atoms. The molecule has 0 aromatic heterocycles. The normalized spacial score (nSPS) is 11.6. The third-order valence-corrected chi connectivity index (χ3v) is 1.31. The summed E-state index contributed by atoms with van der Waals surface area (Å²) in [4.78, 5) is 21.5. The highest BCUT2D eigenvalue weighted by atomic mass is 35.5. The number of hydrogen-bond acceptors (Lipinski definition) is 7. The van der Waals surface area contributed by atoms with Crippen molar-refractivity contribution in [2.75, 3.05) is 14.2 Å². The maximum atomic E-state index is 10.8. The van der Waals surface area contributed by atoms with Gasteiger partial charge in [0.25, 0.3) is 0 Å². The van der Waals surface area contributed by atoms with E-state index >= 15 is 0 Å². The summed E-state index contributed by atoms with van der Waals surface area (Å²) in [5, 5.41) is 14.0. The van der Waals surface area contributed by atoms with Gasteiger partial charge in [-0.1, -0.05) is 11.6 Å². The minimum atomic E-state index is -0.976. The van der Waals surface area contributed by atoms with E-state index < -0.39 is 22.8 Å². The summed E-state index contributed by atoms with van der Waals surface area (Å²) in [7, 11) is 2.16. The quantitative estimate of drug-likeness (QED) is 0.382. The van der Waals surface area contributed by atoms with Crippen molar-refractivity contribution in [2.24, 2.45) is 10.2 Å². The average molecular weight is 232 g/mol. The third kappa shape index (κ3) is 4.19. The Labute approximate surface area is 89.9 Å². The number of esters is 2. The van der Waals surface area contributed by atoms with Crippen LogP contribution in [0.1, 0.15) is 0 Å². The van der Waals surface area contributed by atoms with E-state index in [1.807, 2.05) is 0 Å². The van der Waals surface area contributed by atoms with Crippen LogP contribution in [-0.2, 0) is 19.1 Å². The number of ether oxygens (including phenoxy) is 2. The Morgan fingerprint density at radius 1 is 1.20 bits per heavy atom. The van der Waals surface area contributed by atoms with Gasteiger partial charge in [0.05, 0.1) is 14.2 Å². The molecule has 8 heteroatoms. The van der Waals surface area contributed by atoms with E-state index in [2.05, 4.69) is 19.7 Å².